The van der Waals surface area contributed by atoms with Crippen molar-refractivity contribution in [2.24, 2.45) is 0 Å². The van der Waals surface area contributed by atoms with E-state index in [-0.39, 0.29) is 0 Å². The quantitative estimate of drug-likeness (QED) is 0.576. The van der Waals surface area contributed by atoms with Gasteiger partial charge in [-0.15, -0.1) is 0 Å². The summed E-state index contributed by atoms with van der Waals surface area (Å²) in [5.74, 6) is 0.779. The molecule has 0 aliphatic heterocycles. The van der Waals surface area contributed by atoms with E-state index in [0.29, 0.717) is 23.7 Å². The first-order valence-corrected chi connectivity index (χ1v) is 7.60. The van der Waals surface area contributed by atoms with Crippen LogP contribution in [0.5, 0.6) is 11.5 Å². The lowest BCUT2D eigenvalue weighted by atomic mass is 10.2. The lowest BCUT2D eigenvalue weighted by molar-refractivity contribution is 0.0733. The third-order valence-electron chi connectivity index (χ3n) is 2.83. The van der Waals surface area contributed by atoms with Gasteiger partial charge in [-0.05, 0) is 65.2 Å². The van der Waals surface area contributed by atoms with Crippen LogP contribution in [0.4, 0.5) is 0 Å². The molecular weight excluding hydrogens is 332 g/mol. The maximum atomic E-state index is 12.2. The van der Waals surface area contributed by atoms with Crippen molar-refractivity contribution in [2.75, 3.05) is 6.61 Å². The Bertz CT molecular complexity index is 638. The van der Waals surface area contributed by atoms with E-state index in [0.717, 1.165) is 16.5 Å². The second-order valence-corrected chi connectivity index (χ2v) is 5.55. The lowest BCUT2D eigenvalue weighted by Gasteiger charge is -2.09. The average Bonchev–Trinajstić information content (AvgIpc) is 2.48. The van der Waals surface area contributed by atoms with Crippen LogP contribution in [0.2, 0.25) is 0 Å². The summed E-state index contributed by atoms with van der Waals surface area (Å²) in [5, 5.41) is 0. The van der Waals surface area contributed by atoms with Gasteiger partial charge in [-0.25, -0.2) is 4.79 Å². The molecule has 0 radical (unpaired) electrons. The smallest absolute Gasteiger partial charge is 0.343 e. The Labute approximate surface area is 133 Å². The highest BCUT2D eigenvalue weighted by Crippen LogP contribution is 2.27. The molecule has 0 unspecified atom stereocenters. The molecule has 110 valence electrons. The molecule has 2 aromatic rings. The number of aryl methyl sites for hydroxylation is 1. The van der Waals surface area contributed by atoms with Gasteiger partial charge in [0.15, 0.2) is 0 Å². The molecule has 0 amide bonds. The molecule has 0 saturated carbocycles. The molecule has 0 aromatic heterocycles. The van der Waals surface area contributed by atoms with Crippen LogP contribution in [-0.2, 0) is 0 Å². The molecule has 0 heterocycles. The number of halogens is 1. The summed E-state index contributed by atoms with van der Waals surface area (Å²) in [6, 6.07) is 12.6. The highest BCUT2D eigenvalue weighted by atomic mass is 79.9. The van der Waals surface area contributed by atoms with Gasteiger partial charge in [0.1, 0.15) is 11.5 Å². The van der Waals surface area contributed by atoms with Crippen molar-refractivity contribution < 1.29 is 14.3 Å². The van der Waals surface area contributed by atoms with Gasteiger partial charge in [0.25, 0.3) is 0 Å². The molecule has 0 aliphatic rings. The van der Waals surface area contributed by atoms with Crippen LogP contribution in [0, 0.1) is 6.92 Å². The van der Waals surface area contributed by atoms with Gasteiger partial charge in [-0.3, -0.25) is 0 Å². The molecule has 0 bridgehead atoms. The first-order valence-electron chi connectivity index (χ1n) is 6.81. The maximum Gasteiger partial charge on any atom is 0.343 e. The fourth-order valence-corrected chi connectivity index (χ4v) is 2.35. The predicted octanol–water partition coefficient (Wildman–Crippen LogP) is 4.77. The van der Waals surface area contributed by atoms with Crippen molar-refractivity contribution in [1.82, 2.24) is 0 Å². The number of hydrogen-bond donors (Lipinski definition) is 0. The molecular formula is C17H17BrO3. The summed E-state index contributed by atoms with van der Waals surface area (Å²) in [5.41, 5.74) is 1.56. The molecule has 0 atom stereocenters. The van der Waals surface area contributed by atoms with Gasteiger partial charge >= 0.3 is 5.97 Å². The highest BCUT2D eigenvalue weighted by molar-refractivity contribution is 9.10. The zero-order valence-electron chi connectivity index (χ0n) is 12.1. The van der Waals surface area contributed by atoms with Crippen molar-refractivity contribution in [1.29, 1.82) is 0 Å². The zero-order chi connectivity index (χ0) is 15.2. The fourth-order valence-electron chi connectivity index (χ4n) is 1.78. The molecule has 0 aliphatic carbocycles. The van der Waals surface area contributed by atoms with Crippen LogP contribution in [0.15, 0.2) is 46.9 Å². The summed E-state index contributed by atoms with van der Waals surface area (Å²) < 4.78 is 11.7. The average molecular weight is 349 g/mol. The number of carbonyl (C=O) groups excluding carboxylic acids is 1. The van der Waals surface area contributed by atoms with Crippen molar-refractivity contribution in [3.63, 3.8) is 0 Å². The SMILES string of the molecule is CCCOc1cccc(C(=O)Oc2ccc(C)cc2Br)c1. The Morgan fingerprint density at radius 3 is 2.71 bits per heavy atom. The normalized spacial score (nSPS) is 10.2. The summed E-state index contributed by atoms with van der Waals surface area (Å²) >= 11 is 3.39. The van der Waals surface area contributed by atoms with Crippen LogP contribution in [0.3, 0.4) is 0 Å². The van der Waals surface area contributed by atoms with E-state index < -0.39 is 5.97 Å². The van der Waals surface area contributed by atoms with E-state index >= 15 is 0 Å². The van der Waals surface area contributed by atoms with Gasteiger partial charge in [-0.1, -0.05) is 19.1 Å². The van der Waals surface area contributed by atoms with E-state index in [1.54, 1.807) is 24.3 Å². The Morgan fingerprint density at radius 1 is 1.19 bits per heavy atom. The van der Waals surface area contributed by atoms with Gasteiger partial charge in [-0.2, -0.15) is 0 Å². The van der Waals surface area contributed by atoms with Crippen LogP contribution < -0.4 is 9.47 Å². The first kappa shape index (κ1) is 15.6. The molecule has 2 aromatic carbocycles. The summed E-state index contributed by atoms with van der Waals surface area (Å²) in [6.07, 6.45) is 0.922. The second kappa shape index (κ2) is 7.27. The summed E-state index contributed by atoms with van der Waals surface area (Å²) in [4.78, 5) is 12.2. The maximum absolute atomic E-state index is 12.2. The minimum absolute atomic E-state index is 0.401. The molecule has 3 nitrogen and oxygen atoms in total. The Balaban J connectivity index is 2.12. The fraction of sp³-hybridized carbons (Fsp3) is 0.235. The van der Waals surface area contributed by atoms with Gasteiger partial charge in [0, 0.05) is 0 Å². The van der Waals surface area contributed by atoms with E-state index in [9.17, 15) is 4.79 Å². The van der Waals surface area contributed by atoms with Crippen molar-refractivity contribution >= 4 is 21.9 Å². The van der Waals surface area contributed by atoms with Gasteiger partial charge in [0.2, 0.25) is 0 Å². The molecule has 0 fully saturated rings. The molecule has 2 rings (SSSR count). The number of benzene rings is 2. The topological polar surface area (TPSA) is 35.5 Å². The first-order chi connectivity index (χ1) is 10.1. The van der Waals surface area contributed by atoms with E-state index in [1.807, 2.05) is 32.0 Å². The van der Waals surface area contributed by atoms with Crippen LogP contribution in [0.1, 0.15) is 29.3 Å². The molecule has 4 heteroatoms. The number of hydrogen-bond acceptors (Lipinski definition) is 3. The standard InChI is InChI=1S/C17H17BrO3/c1-3-9-20-14-6-4-5-13(11-14)17(19)21-16-8-7-12(2)10-15(16)18/h4-8,10-11H,3,9H2,1-2H3. The van der Waals surface area contributed by atoms with Crippen molar-refractivity contribution in [3.05, 3.63) is 58.1 Å². The zero-order valence-corrected chi connectivity index (χ0v) is 13.6. The minimum atomic E-state index is -0.401. The van der Waals surface area contributed by atoms with E-state index in [4.69, 9.17) is 9.47 Å². The monoisotopic (exact) mass is 348 g/mol. The highest BCUT2D eigenvalue weighted by Gasteiger charge is 2.11. The Hall–Kier alpha value is -1.81. The third kappa shape index (κ3) is 4.33. The number of esters is 1. The predicted molar refractivity (Wildman–Crippen MR) is 86.1 cm³/mol. The molecule has 0 N–H and O–H groups in total. The minimum Gasteiger partial charge on any atom is -0.494 e. The van der Waals surface area contributed by atoms with Crippen LogP contribution in [-0.4, -0.2) is 12.6 Å². The van der Waals surface area contributed by atoms with Crippen molar-refractivity contribution in [2.45, 2.75) is 20.3 Å². The van der Waals surface area contributed by atoms with E-state index in [2.05, 4.69) is 15.9 Å². The van der Waals surface area contributed by atoms with Crippen LogP contribution in [0.25, 0.3) is 0 Å². The molecule has 0 saturated heterocycles. The summed E-state index contributed by atoms with van der Waals surface area (Å²) in [7, 11) is 0. The molecule has 0 spiro atoms. The van der Waals surface area contributed by atoms with Crippen LogP contribution >= 0.6 is 15.9 Å². The third-order valence-corrected chi connectivity index (χ3v) is 3.45. The van der Waals surface area contributed by atoms with Gasteiger partial charge < -0.3 is 9.47 Å². The van der Waals surface area contributed by atoms with Crippen molar-refractivity contribution in [3.8, 4) is 11.5 Å². The van der Waals surface area contributed by atoms with Gasteiger partial charge in [0.05, 0.1) is 16.6 Å². The second-order valence-electron chi connectivity index (χ2n) is 4.70. The molecule has 21 heavy (non-hydrogen) atoms. The summed E-state index contributed by atoms with van der Waals surface area (Å²) in [6.45, 7) is 4.64. The number of rotatable bonds is 5. The number of carbonyl (C=O) groups is 1. The largest absolute Gasteiger partial charge is 0.494 e. The Morgan fingerprint density at radius 2 is 2.00 bits per heavy atom. The number of ether oxygens (including phenoxy) is 2. The van der Waals surface area contributed by atoms with E-state index in [1.165, 1.54) is 0 Å². The Kier molecular flexibility index (Phi) is 5.39. The lowest BCUT2D eigenvalue weighted by Crippen LogP contribution is -2.09.